The van der Waals surface area contributed by atoms with Gasteiger partial charge in [0.05, 0.1) is 30.8 Å². The summed E-state index contributed by atoms with van der Waals surface area (Å²) in [6.07, 6.45) is 1.41. The van der Waals surface area contributed by atoms with Gasteiger partial charge in [0, 0.05) is 32.6 Å². The third-order valence-corrected chi connectivity index (χ3v) is 4.78. The fraction of sp³-hybridized carbons (Fsp3) is 0.556. The van der Waals surface area contributed by atoms with E-state index in [1.165, 1.54) is 0 Å². The Morgan fingerprint density at radius 3 is 2.83 bits per heavy atom. The molecule has 1 saturated heterocycles. The summed E-state index contributed by atoms with van der Waals surface area (Å²) in [5, 5.41) is 2.99. The van der Waals surface area contributed by atoms with Crippen molar-refractivity contribution in [2.24, 2.45) is 7.05 Å². The van der Waals surface area contributed by atoms with E-state index in [0.29, 0.717) is 19.0 Å². The van der Waals surface area contributed by atoms with Crippen LogP contribution in [0.1, 0.15) is 25.6 Å². The quantitative estimate of drug-likeness (QED) is 0.876. The number of aryl methyl sites for hydroxylation is 1. The molecule has 0 radical (unpaired) electrons. The van der Waals surface area contributed by atoms with E-state index < -0.39 is 0 Å². The Bertz CT molecular complexity index is 691. The molecule has 1 atom stereocenters. The molecule has 1 aliphatic rings. The summed E-state index contributed by atoms with van der Waals surface area (Å²) < 4.78 is 7.40. The van der Waals surface area contributed by atoms with Crippen molar-refractivity contribution in [2.75, 3.05) is 26.3 Å². The predicted molar refractivity (Wildman–Crippen MR) is 93.6 cm³/mol. The molecule has 2 heterocycles. The highest BCUT2D eigenvalue weighted by Gasteiger charge is 2.18. The number of imidazole rings is 1. The first-order valence-electron chi connectivity index (χ1n) is 8.64. The molecular formula is C18H26N4O2. The normalized spacial score (nSPS) is 17.1. The third kappa shape index (κ3) is 3.94. The molecule has 6 heteroatoms. The molecule has 1 N–H and O–H groups in total. The SMILES string of the molecule is CC(CCC(=O)NCc1nc2ccccc2n1C)N1CCOCC1. The molecule has 6 nitrogen and oxygen atoms in total. The molecule has 2 aromatic rings. The lowest BCUT2D eigenvalue weighted by Crippen LogP contribution is -2.42. The lowest BCUT2D eigenvalue weighted by atomic mass is 10.1. The molecule has 1 amide bonds. The third-order valence-electron chi connectivity index (χ3n) is 4.78. The summed E-state index contributed by atoms with van der Waals surface area (Å²) in [5.41, 5.74) is 2.05. The topological polar surface area (TPSA) is 59.4 Å². The van der Waals surface area contributed by atoms with Gasteiger partial charge in [-0.2, -0.15) is 0 Å². The summed E-state index contributed by atoms with van der Waals surface area (Å²) >= 11 is 0. The Hall–Kier alpha value is -1.92. The fourth-order valence-electron chi connectivity index (χ4n) is 3.16. The van der Waals surface area contributed by atoms with Crippen molar-refractivity contribution in [3.8, 4) is 0 Å². The van der Waals surface area contributed by atoms with Crippen LogP contribution in [0.15, 0.2) is 24.3 Å². The zero-order valence-corrected chi connectivity index (χ0v) is 14.5. The molecule has 0 aliphatic carbocycles. The minimum absolute atomic E-state index is 0.0853. The van der Waals surface area contributed by atoms with Crippen molar-refractivity contribution in [3.63, 3.8) is 0 Å². The van der Waals surface area contributed by atoms with Crippen LogP contribution >= 0.6 is 0 Å². The Kier molecular flexibility index (Phi) is 5.48. The van der Waals surface area contributed by atoms with Gasteiger partial charge in [0.1, 0.15) is 5.82 Å². The number of nitrogens with zero attached hydrogens (tertiary/aromatic N) is 3. The van der Waals surface area contributed by atoms with Gasteiger partial charge in [0.15, 0.2) is 0 Å². The minimum atomic E-state index is 0.0853. The van der Waals surface area contributed by atoms with E-state index in [2.05, 4.69) is 22.1 Å². The monoisotopic (exact) mass is 330 g/mol. The van der Waals surface area contributed by atoms with Crippen LogP contribution in [0.25, 0.3) is 11.0 Å². The van der Waals surface area contributed by atoms with Crippen molar-refractivity contribution in [2.45, 2.75) is 32.4 Å². The summed E-state index contributed by atoms with van der Waals surface area (Å²) in [6.45, 7) is 6.16. The maximum absolute atomic E-state index is 12.1. The van der Waals surface area contributed by atoms with E-state index in [4.69, 9.17) is 4.74 Å². The van der Waals surface area contributed by atoms with Crippen LogP contribution in [0.2, 0.25) is 0 Å². The highest BCUT2D eigenvalue weighted by molar-refractivity contribution is 5.77. The van der Waals surface area contributed by atoms with Crippen LogP contribution in [0.4, 0.5) is 0 Å². The fourth-order valence-corrected chi connectivity index (χ4v) is 3.16. The smallest absolute Gasteiger partial charge is 0.220 e. The number of rotatable bonds is 6. The second-order valence-electron chi connectivity index (χ2n) is 6.39. The number of aromatic nitrogens is 2. The van der Waals surface area contributed by atoms with Crippen molar-refractivity contribution >= 4 is 16.9 Å². The molecule has 3 rings (SSSR count). The summed E-state index contributed by atoms with van der Waals surface area (Å²) in [5.74, 6) is 0.966. The Balaban J connectivity index is 1.47. The zero-order chi connectivity index (χ0) is 16.9. The van der Waals surface area contributed by atoms with Crippen molar-refractivity contribution in [1.29, 1.82) is 0 Å². The first-order valence-corrected chi connectivity index (χ1v) is 8.64. The molecular weight excluding hydrogens is 304 g/mol. The maximum atomic E-state index is 12.1. The van der Waals surface area contributed by atoms with Gasteiger partial charge in [-0.25, -0.2) is 4.98 Å². The molecule has 130 valence electrons. The number of para-hydroxylation sites is 2. The number of carbonyl (C=O) groups is 1. The number of nitrogens with one attached hydrogen (secondary N) is 1. The molecule has 0 spiro atoms. The van der Waals surface area contributed by atoms with Gasteiger partial charge in [-0.05, 0) is 25.5 Å². The highest BCUT2D eigenvalue weighted by Crippen LogP contribution is 2.14. The number of benzene rings is 1. The summed E-state index contributed by atoms with van der Waals surface area (Å²) in [4.78, 5) is 19.1. The van der Waals surface area contributed by atoms with Gasteiger partial charge < -0.3 is 14.6 Å². The number of ether oxygens (including phenoxy) is 1. The summed E-state index contributed by atoms with van der Waals surface area (Å²) in [7, 11) is 1.98. The largest absolute Gasteiger partial charge is 0.379 e. The molecule has 0 saturated carbocycles. The lowest BCUT2D eigenvalue weighted by Gasteiger charge is -2.32. The Morgan fingerprint density at radius 2 is 2.08 bits per heavy atom. The zero-order valence-electron chi connectivity index (χ0n) is 14.5. The number of hydrogen-bond donors (Lipinski definition) is 1. The van der Waals surface area contributed by atoms with E-state index in [1.54, 1.807) is 0 Å². The second-order valence-corrected chi connectivity index (χ2v) is 6.39. The van der Waals surface area contributed by atoms with Crippen LogP contribution in [-0.2, 0) is 23.1 Å². The molecule has 1 aromatic carbocycles. The van der Waals surface area contributed by atoms with Crippen molar-refractivity contribution < 1.29 is 9.53 Å². The standard InChI is InChI=1S/C18H26N4O2/c1-14(22-9-11-24-12-10-22)7-8-18(23)19-13-17-20-15-5-3-4-6-16(15)21(17)2/h3-6,14H,7-13H2,1-2H3,(H,19,23). The van der Waals surface area contributed by atoms with Gasteiger partial charge in [-0.3, -0.25) is 9.69 Å². The van der Waals surface area contributed by atoms with E-state index in [1.807, 2.05) is 35.9 Å². The number of hydrogen-bond acceptors (Lipinski definition) is 4. The van der Waals surface area contributed by atoms with Crippen LogP contribution in [-0.4, -0.2) is 52.7 Å². The minimum Gasteiger partial charge on any atom is -0.379 e. The van der Waals surface area contributed by atoms with Crippen LogP contribution in [0.3, 0.4) is 0 Å². The lowest BCUT2D eigenvalue weighted by molar-refractivity contribution is -0.121. The van der Waals surface area contributed by atoms with E-state index in [-0.39, 0.29) is 5.91 Å². The van der Waals surface area contributed by atoms with Gasteiger partial charge in [0.2, 0.25) is 5.91 Å². The number of morpholine rings is 1. The second kappa shape index (κ2) is 7.77. The maximum Gasteiger partial charge on any atom is 0.220 e. The van der Waals surface area contributed by atoms with Crippen LogP contribution in [0.5, 0.6) is 0 Å². The average Bonchev–Trinajstić information content (AvgIpc) is 2.95. The van der Waals surface area contributed by atoms with Crippen molar-refractivity contribution in [3.05, 3.63) is 30.1 Å². The summed E-state index contributed by atoms with van der Waals surface area (Å²) in [6, 6.07) is 8.42. The molecule has 0 bridgehead atoms. The van der Waals surface area contributed by atoms with E-state index >= 15 is 0 Å². The number of fused-ring (bicyclic) bond motifs is 1. The van der Waals surface area contributed by atoms with E-state index in [9.17, 15) is 4.79 Å². The van der Waals surface area contributed by atoms with Gasteiger partial charge in [-0.1, -0.05) is 12.1 Å². The predicted octanol–water partition coefficient (Wildman–Crippen LogP) is 1.69. The highest BCUT2D eigenvalue weighted by atomic mass is 16.5. The van der Waals surface area contributed by atoms with Crippen molar-refractivity contribution in [1.82, 2.24) is 19.8 Å². The Labute approximate surface area is 142 Å². The van der Waals surface area contributed by atoms with Gasteiger partial charge >= 0.3 is 0 Å². The van der Waals surface area contributed by atoms with Crippen LogP contribution in [0, 0.1) is 0 Å². The molecule has 1 aliphatic heterocycles. The first-order chi connectivity index (χ1) is 11.6. The van der Waals surface area contributed by atoms with E-state index in [0.717, 1.165) is 49.6 Å². The number of carbonyl (C=O) groups excluding carboxylic acids is 1. The molecule has 1 aromatic heterocycles. The molecule has 24 heavy (non-hydrogen) atoms. The Morgan fingerprint density at radius 1 is 1.33 bits per heavy atom. The average molecular weight is 330 g/mol. The van der Waals surface area contributed by atoms with Gasteiger partial charge in [0.25, 0.3) is 0 Å². The van der Waals surface area contributed by atoms with Gasteiger partial charge in [-0.15, -0.1) is 0 Å². The molecule has 1 unspecified atom stereocenters. The van der Waals surface area contributed by atoms with Crippen LogP contribution < -0.4 is 5.32 Å². The first kappa shape index (κ1) is 16.9. The number of amides is 1. The molecule has 1 fully saturated rings.